The summed E-state index contributed by atoms with van der Waals surface area (Å²) < 4.78 is 5.21. The summed E-state index contributed by atoms with van der Waals surface area (Å²) in [4.78, 5) is 11.7. The summed E-state index contributed by atoms with van der Waals surface area (Å²) in [6.07, 6.45) is 3.67. The van der Waals surface area contributed by atoms with Crippen molar-refractivity contribution in [2.75, 3.05) is 5.32 Å². The highest BCUT2D eigenvalue weighted by molar-refractivity contribution is 6.31. The highest BCUT2D eigenvalue weighted by atomic mass is 35.5. The second-order valence-corrected chi connectivity index (χ2v) is 7.09. The fourth-order valence-electron chi connectivity index (χ4n) is 2.69. The largest absolute Gasteiger partial charge is 0.444 e. The molecule has 0 radical (unpaired) electrons. The number of carbonyl (C=O) groups is 1. The Hall–Kier alpha value is -1.26. The number of ether oxygens (including phenoxy) is 1. The van der Waals surface area contributed by atoms with E-state index in [-0.39, 0.29) is 5.54 Å². The number of hydrogen-bond acceptors (Lipinski definition) is 3. The van der Waals surface area contributed by atoms with Gasteiger partial charge in [0.1, 0.15) is 5.60 Å². The Balaban J connectivity index is 2.11. The number of nitrogens with two attached hydrogens (primary N) is 1. The van der Waals surface area contributed by atoms with Crippen LogP contribution in [0, 0.1) is 0 Å². The van der Waals surface area contributed by atoms with Crippen LogP contribution in [0.1, 0.15) is 52.0 Å². The Bertz CT molecular complexity index is 532. The molecule has 0 spiro atoms. The van der Waals surface area contributed by atoms with Gasteiger partial charge in [0.2, 0.25) is 0 Å². The van der Waals surface area contributed by atoms with E-state index in [2.05, 4.69) is 5.32 Å². The predicted molar refractivity (Wildman–Crippen MR) is 85.6 cm³/mol. The number of carbonyl (C=O) groups excluding carboxylic acids is 1. The minimum atomic E-state index is -0.529. The van der Waals surface area contributed by atoms with Crippen molar-refractivity contribution in [2.24, 2.45) is 5.73 Å². The van der Waals surface area contributed by atoms with E-state index in [1.54, 1.807) is 6.07 Å². The lowest BCUT2D eigenvalue weighted by molar-refractivity contribution is 0.0636. The Morgan fingerprint density at radius 1 is 1.33 bits per heavy atom. The first-order valence-electron chi connectivity index (χ1n) is 7.29. The SMILES string of the molecule is CC(C)(C)OC(=O)Nc1ccc(C2(N)CCCC2)c(Cl)c1. The lowest BCUT2D eigenvalue weighted by Crippen LogP contribution is -2.33. The normalized spacial score (nSPS) is 17.6. The third kappa shape index (κ3) is 4.11. The molecular formula is C16H23ClN2O2. The van der Waals surface area contributed by atoms with Crippen LogP contribution in [0.4, 0.5) is 10.5 Å². The maximum absolute atomic E-state index is 11.7. The number of amides is 1. The lowest BCUT2D eigenvalue weighted by atomic mass is 9.89. The average molecular weight is 311 g/mol. The molecule has 1 aliphatic carbocycles. The number of rotatable bonds is 2. The number of nitrogens with one attached hydrogen (secondary N) is 1. The van der Waals surface area contributed by atoms with E-state index in [0.29, 0.717) is 10.7 Å². The maximum atomic E-state index is 11.7. The molecule has 1 aromatic carbocycles. The molecule has 5 heteroatoms. The van der Waals surface area contributed by atoms with Crippen LogP contribution >= 0.6 is 11.6 Å². The summed E-state index contributed by atoms with van der Waals surface area (Å²) >= 11 is 6.34. The predicted octanol–water partition coefficient (Wildman–Crippen LogP) is 4.42. The first-order valence-corrected chi connectivity index (χ1v) is 7.66. The van der Waals surface area contributed by atoms with E-state index in [1.165, 1.54) is 0 Å². The molecule has 0 atom stereocenters. The third-order valence-electron chi connectivity index (χ3n) is 3.65. The Kier molecular flexibility index (Phi) is 4.49. The van der Waals surface area contributed by atoms with Gasteiger partial charge < -0.3 is 10.5 Å². The van der Waals surface area contributed by atoms with Gasteiger partial charge >= 0.3 is 6.09 Å². The average Bonchev–Trinajstić information content (AvgIpc) is 2.74. The van der Waals surface area contributed by atoms with Gasteiger partial charge in [-0.15, -0.1) is 0 Å². The van der Waals surface area contributed by atoms with Crippen molar-refractivity contribution < 1.29 is 9.53 Å². The lowest BCUT2D eigenvalue weighted by Gasteiger charge is -2.26. The molecule has 0 unspecified atom stereocenters. The van der Waals surface area contributed by atoms with Gasteiger partial charge in [-0.25, -0.2) is 4.79 Å². The van der Waals surface area contributed by atoms with Crippen molar-refractivity contribution in [2.45, 2.75) is 57.6 Å². The van der Waals surface area contributed by atoms with Crippen LogP contribution in [0.5, 0.6) is 0 Å². The Labute approximate surface area is 131 Å². The van der Waals surface area contributed by atoms with Gasteiger partial charge in [0, 0.05) is 16.2 Å². The second kappa shape index (κ2) is 5.85. The van der Waals surface area contributed by atoms with E-state index in [1.807, 2.05) is 32.9 Å². The summed E-state index contributed by atoms with van der Waals surface area (Å²) in [5.74, 6) is 0. The van der Waals surface area contributed by atoms with Crippen molar-refractivity contribution in [1.29, 1.82) is 0 Å². The Morgan fingerprint density at radius 2 is 1.95 bits per heavy atom. The first kappa shape index (κ1) is 16.1. The molecule has 1 fully saturated rings. The maximum Gasteiger partial charge on any atom is 0.412 e. The monoisotopic (exact) mass is 310 g/mol. The van der Waals surface area contributed by atoms with Gasteiger partial charge in [-0.3, -0.25) is 5.32 Å². The fraction of sp³-hybridized carbons (Fsp3) is 0.562. The highest BCUT2D eigenvalue weighted by Gasteiger charge is 2.33. The molecule has 116 valence electrons. The van der Waals surface area contributed by atoms with E-state index >= 15 is 0 Å². The quantitative estimate of drug-likeness (QED) is 0.850. The van der Waals surface area contributed by atoms with E-state index in [4.69, 9.17) is 22.1 Å². The molecule has 0 aliphatic heterocycles. The topological polar surface area (TPSA) is 64.3 Å². The summed E-state index contributed by atoms with van der Waals surface area (Å²) in [5.41, 5.74) is 7.12. The molecule has 0 aromatic heterocycles. The molecule has 2 rings (SSSR count). The summed E-state index contributed by atoms with van der Waals surface area (Å²) in [5, 5.41) is 3.27. The van der Waals surface area contributed by atoms with Crippen LogP contribution < -0.4 is 11.1 Å². The smallest absolute Gasteiger partial charge is 0.412 e. The molecule has 1 amide bonds. The molecule has 0 bridgehead atoms. The molecule has 1 aromatic rings. The summed E-state index contributed by atoms with van der Waals surface area (Å²) in [7, 11) is 0. The number of anilines is 1. The minimum absolute atomic E-state index is 0.332. The number of halogens is 1. The standard InChI is InChI=1S/C16H23ClN2O2/c1-15(2,3)21-14(20)19-11-6-7-12(13(17)10-11)16(18)8-4-5-9-16/h6-7,10H,4-5,8-9,18H2,1-3H3,(H,19,20). The molecular weight excluding hydrogens is 288 g/mol. The minimum Gasteiger partial charge on any atom is -0.444 e. The molecule has 0 saturated heterocycles. The summed E-state index contributed by atoms with van der Waals surface area (Å²) in [6.45, 7) is 5.46. The van der Waals surface area contributed by atoms with Crippen molar-refractivity contribution in [3.05, 3.63) is 28.8 Å². The van der Waals surface area contributed by atoms with Crippen molar-refractivity contribution >= 4 is 23.4 Å². The zero-order chi connectivity index (χ0) is 15.7. The fourth-order valence-corrected chi connectivity index (χ4v) is 3.06. The molecule has 21 heavy (non-hydrogen) atoms. The van der Waals surface area contributed by atoms with Gasteiger partial charge in [0.05, 0.1) is 0 Å². The van der Waals surface area contributed by atoms with Crippen LogP contribution in [0.3, 0.4) is 0 Å². The van der Waals surface area contributed by atoms with E-state index in [0.717, 1.165) is 31.2 Å². The first-order chi connectivity index (χ1) is 9.70. The zero-order valence-corrected chi connectivity index (χ0v) is 13.6. The van der Waals surface area contributed by atoms with Gasteiger partial charge in [0.25, 0.3) is 0 Å². The van der Waals surface area contributed by atoms with Crippen molar-refractivity contribution in [3.63, 3.8) is 0 Å². The zero-order valence-electron chi connectivity index (χ0n) is 12.8. The summed E-state index contributed by atoms with van der Waals surface area (Å²) in [6, 6.07) is 5.45. The van der Waals surface area contributed by atoms with E-state index in [9.17, 15) is 4.79 Å². The number of hydrogen-bond donors (Lipinski definition) is 2. The van der Waals surface area contributed by atoms with Crippen LogP contribution in [0.25, 0.3) is 0 Å². The number of benzene rings is 1. The Morgan fingerprint density at radius 3 is 2.48 bits per heavy atom. The van der Waals surface area contributed by atoms with Gasteiger partial charge in [0.15, 0.2) is 0 Å². The molecule has 1 aliphatic rings. The van der Waals surface area contributed by atoms with E-state index < -0.39 is 11.7 Å². The molecule has 1 saturated carbocycles. The molecule has 0 heterocycles. The van der Waals surface area contributed by atoms with Crippen molar-refractivity contribution in [3.8, 4) is 0 Å². The third-order valence-corrected chi connectivity index (χ3v) is 3.96. The van der Waals surface area contributed by atoms with Crippen molar-refractivity contribution in [1.82, 2.24) is 0 Å². The highest BCUT2D eigenvalue weighted by Crippen LogP contribution is 2.40. The van der Waals surface area contributed by atoms with Gasteiger partial charge in [-0.1, -0.05) is 30.5 Å². The van der Waals surface area contributed by atoms with Gasteiger partial charge in [-0.05, 0) is 51.3 Å². The van der Waals surface area contributed by atoms with Crippen LogP contribution in [-0.2, 0) is 10.3 Å². The van der Waals surface area contributed by atoms with Crippen LogP contribution in [0.2, 0.25) is 5.02 Å². The van der Waals surface area contributed by atoms with Crippen LogP contribution in [0.15, 0.2) is 18.2 Å². The second-order valence-electron chi connectivity index (χ2n) is 6.68. The molecule has 3 N–H and O–H groups in total. The van der Waals surface area contributed by atoms with Gasteiger partial charge in [-0.2, -0.15) is 0 Å². The molecule has 4 nitrogen and oxygen atoms in total. The van der Waals surface area contributed by atoms with Crippen LogP contribution in [-0.4, -0.2) is 11.7 Å².